The molecule has 3 heteroatoms. The summed E-state index contributed by atoms with van der Waals surface area (Å²) in [6.07, 6.45) is 2.36. The molecule has 2 rings (SSSR count). The van der Waals surface area contributed by atoms with Crippen molar-refractivity contribution in [2.75, 3.05) is 18.5 Å². The topological polar surface area (TPSA) is 15.3 Å². The van der Waals surface area contributed by atoms with Gasteiger partial charge in [0.1, 0.15) is 0 Å². The summed E-state index contributed by atoms with van der Waals surface area (Å²) in [6, 6.07) is 7.73. The SMILES string of the molecule is CCN1c2cccc(Br)c2CC1CC(C)NC. The Morgan fingerprint density at radius 2 is 2.29 bits per heavy atom. The number of anilines is 1. The number of nitrogens with one attached hydrogen (secondary N) is 1. The monoisotopic (exact) mass is 296 g/mol. The number of halogens is 1. The summed E-state index contributed by atoms with van der Waals surface area (Å²) >= 11 is 3.67. The second kappa shape index (κ2) is 5.40. The van der Waals surface area contributed by atoms with E-state index < -0.39 is 0 Å². The van der Waals surface area contributed by atoms with Gasteiger partial charge >= 0.3 is 0 Å². The van der Waals surface area contributed by atoms with E-state index in [2.05, 4.69) is 58.2 Å². The molecule has 0 radical (unpaired) electrons. The van der Waals surface area contributed by atoms with Gasteiger partial charge in [-0.2, -0.15) is 0 Å². The number of fused-ring (bicyclic) bond motifs is 1. The predicted octanol–water partition coefficient (Wildman–Crippen LogP) is 3.20. The van der Waals surface area contributed by atoms with E-state index in [1.165, 1.54) is 22.1 Å². The Balaban J connectivity index is 2.22. The number of hydrogen-bond acceptors (Lipinski definition) is 2. The lowest BCUT2D eigenvalue weighted by Gasteiger charge is -2.28. The van der Waals surface area contributed by atoms with Gasteiger partial charge in [-0.25, -0.2) is 0 Å². The lowest BCUT2D eigenvalue weighted by atomic mass is 10.0. The van der Waals surface area contributed by atoms with Crippen LogP contribution < -0.4 is 10.2 Å². The average molecular weight is 297 g/mol. The first-order valence-corrected chi connectivity index (χ1v) is 7.18. The zero-order valence-electron chi connectivity index (χ0n) is 10.8. The van der Waals surface area contributed by atoms with Gasteiger partial charge in [0.15, 0.2) is 0 Å². The summed E-state index contributed by atoms with van der Waals surface area (Å²) in [7, 11) is 2.04. The van der Waals surface area contributed by atoms with Gasteiger partial charge in [0, 0.05) is 28.8 Å². The van der Waals surface area contributed by atoms with Crippen molar-refractivity contribution in [3.63, 3.8) is 0 Å². The molecule has 1 aliphatic rings. The van der Waals surface area contributed by atoms with Crippen molar-refractivity contribution in [3.05, 3.63) is 28.2 Å². The standard InChI is InChI=1S/C14H21BrN2/c1-4-17-11(8-10(2)16-3)9-12-13(15)6-5-7-14(12)17/h5-7,10-11,16H,4,8-9H2,1-3H3. The molecule has 0 aromatic heterocycles. The maximum absolute atomic E-state index is 3.67. The van der Waals surface area contributed by atoms with E-state index in [1.807, 2.05) is 7.05 Å². The highest BCUT2D eigenvalue weighted by molar-refractivity contribution is 9.10. The molecule has 0 bridgehead atoms. The fourth-order valence-electron chi connectivity index (χ4n) is 2.73. The van der Waals surface area contributed by atoms with E-state index in [1.54, 1.807) is 0 Å². The Bertz CT molecular complexity index is 392. The molecule has 0 aliphatic carbocycles. The fraction of sp³-hybridized carbons (Fsp3) is 0.571. The lowest BCUT2D eigenvalue weighted by Crippen LogP contribution is -2.37. The van der Waals surface area contributed by atoms with E-state index >= 15 is 0 Å². The van der Waals surface area contributed by atoms with Crippen molar-refractivity contribution in [1.29, 1.82) is 0 Å². The zero-order valence-corrected chi connectivity index (χ0v) is 12.4. The van der Waals surface area contributed by atoms with Gasteiger partial charge in [0.25, 0.3) is 0 Å². The highest BCUT2D eigenvalue weighted by atomic mass is 79.9. The zero-order chi connectivity index (χ0) is 12.4. The van der Waals surface area contributed by atoms with Crippen molar-refractivity contribution in [1.82, 2.24) is 5.32 Å². The highest BCUT2D eigenvalue weighted by Crippen LogP contribution is 2.37. The summed E-state index contributed by atoms with van der Waals surface area (Å²) < 4.78 is 1.26. The molecule has 2 atom stereocenters. The van der Waals surface area contributed by atoms with E-state index in [0.717, 1.165) is 13.0 Å². The molecule has 1 N–H and O–H groups in total. The summed E-state index contributed by atoms with van der Waals surface area (Å²) in [5.74, 6) is 0. The van der Waals surface area contributed by atoms with Gasteiger partial charge in [0.2, 0.25) is 0 Å². The lowest BCUT2D eigenvalue weighted by molar-refractivity contribution is 0.481. The molecule has 1 heterocycles. The molecule has 0 spiro atoms. The summed E-state index contributed by atoms with van der Waals surface area (Å²) in [5.41, 5.74) is 2.89. The smallest absolute Gasteiger partial charge is 0.0413 e. The van der Waals surface area contributed by atoms with E-state index in [4.69, 9.17) is 0 Å². The number of likely N-dealkylation sites (N-methyl/N-ethyl adjacent to an activating group) is 1. The van der Waals surface area contributed by atoms with Crippen LogP contribution >= 0.6 is 15.9 Å². The number of benzene rings is 1. The first-order valence-electron chi connectivity index (χ1n) is 6.38. The molecule has 1 aromatic carbocycles. The van der Waals surface area contributed by atoms with Gasteiger partial charge in [-0.1, -0.05) is 22.0 Å². The van der Waals surface area contributed by atoms with Crippen molar-refractivity contribution in [2.45, 2.75) is 38.8 Å². The maximum Gasteiger partial charge on any atom is 0.0413 e. The highest BCUT2D eigenvalue weighted by Gasteiger charge is 2.30. The Morgan fingerprint density at radius 1 is 1.53 bits per heavy atom. The second-order valence-corrected chi connectivity index (χ2v) is 5.66. The Morgan fingerprint density at radius 3 is 2.94 bits per heavy atom. The van der Waals surface area contributed by atoms with Crippen LogP contribution in [0.3, 0.4) is 0 Å². The summed E-state index contributed by atoms with van der Waals surface area (Å²) in [5, 5.41) is 3.34. The van der Waals surface area contributed by atoms with E-state index in [9.17, 15) is 0 Å². The molecule has 94 valence electrons. The minimum atomic E-state index is 0.571. The molecule has 17 heavy (non-hydrogen) atoms. The second-order valence-electron chi connectivity index (χ2n) is 4.81. The van der Waals surface area contributed by atoms with Crippen LogP contribution in [0.5, 0.6) is 0 Å². The minimum Gasteiger partial charge on any atom is -0.368 e. The first-order chi connectivity index (χ1) is 8.17. The minimum absolute atomic E-state index is 0.571. The van der Waals surface area contributed by atoms with Gasteiger partial charge in [0.05, 0.1) is 0 Å². The van der Waals surface area contributed by atoms with Crippen LogP contribution in [-0.4, -0.2) is 25.7 Å². The number of rotatable bonds is 4. The van der Waals surface area contributed by atoms with E-state index in [-0.39, 0.29) is 0 Å². The van der Waals surface area contributed by atoms with Crippen LogP contribution in [0.2, 0.25) is 0 Å². The average Bonchev–Trinajstić information content (AvgIpc) is 2.68. The van der Waals surface area contributed by atoms with Crippen LogP contribution in [0.4, 0.5) is 5.69 Å². The molecule has 2 nitrogen and oxygen atoms in total. The molecule has 1 aliphatic heterocycles. The molecule has 0 saturated heterocycles. The third kappa shape index (κ3) is 2.50. The maximum atomic E-state index is 3.67. The molecule has 2 unspecified atom stereocenters. The fourth-order valence-corrected chi connectivity index (χ4v) is 3.24. The van der Waals surface area contributed by atoms with Crippen molar-refractivity contribution in [3.8, 4) is 0 Å². The largest absolute Gasteiger partial charge is 0.368 e. The van der Waals surface area contributed by atoms with Crippen LogP contribution in [-0.2, 0) is 6.42 Å². The quantitative estimate of drug-likeness (QED) is 0.918. The van der Waals surface area contributed by atoms with Gasteiger partial charge in [-0.3, -0.25) is 0 Å². The molecule has 1 aromatic rings. The van der Waals surface area contributed by atoms with Crippen molar-refractivity contribution in [2.24, 2.45) is 0 Å². The van der Waals surface area contributed by atoms with Crippen LogP contribution in [0, 0.1) is 0 Å². The Hall–Kier alpha value is -0.540. The molecular formula is C14H21BrN2. The predicted molar refractivity (Wildman–Crippen MR) is 77.8 cm³/mol. The van der Waals surface area contributed by atoms with Crippen LogP contribution in [0.25, 0.3) is 0 Å². The van der Waals surface area contributed by atoms with Crippen LogP contribution in [0.1, 0.15) is 25.8 Å². The Labute approximate surface area is 113 Å². The third-order valence-corrected chi connectivity index (χ3v) is 4.49. The first kappa shape index (κ1) is 12.9. The van der Waals surface area contributed by atoms with E-state index in [0.29, 0.717) is 12.1 Å². The molecule has 0 fully saturated rings. The van der Waals surface area contributed by atoms with Crippen LogP contribution in [0.15, 0.2) is 22.7 Å². The van der Waals surface area contributed by atoms with Gasteiger partial charge in [-0.15, -0.1) is 0 Å². The summed E-state index contributed by atoms with van der Waals surface area (Å²) in [4.78, 5) is 2.54. The normalized spacial score (nSPS) is 20.5. The Kier molecular flexibility index (Phi) is 4.10. The van der Waals surface area contributed by atoms with Gasteiger partial charge in [-0.05, 0) is 51.4 Å². The molecule has 0 saturated carbocycles. The summed E-state index contributed by atoms with van der Waals surface area (Å²) in [6.45, 7) is 5.59. The van der Waals surface area contributed by atoms with Gasteiger partial charge < -0.3 is 10.2 Å². The molecular weight excluding hydrogens is 276 g/mol. The number of nitrogens with zero attached hydrogens (tertiary/aromatic N) is 1. The van der Waals surface area contributed by atoms with Crippen molar-refractivity contribution < 1.29 is 0 Å². The number of hydrogen-bond donors (Lipinski definition) is 1. The molecule has 0 amide bonds. The van der Waals surface area contributed by atoms with Crippen molar-refractivity contribution >= 4 is 21.6 Å². The third-order valence-electron chi connectivity index (χ3n) is 3.74.